The molecule has 0 aliphatic carbocycles. The van der Waals surface area contributed by atoms with Crippen LogP contribution in [0.4, 0.5) is 0 Å². The van der Waals surface area contributed by atoms with Gasteiger partial charge in [-0.3, -0.25) is 0 Å². The lowest BCUT2D eigenvalue weighted by atomic mass is 9.87. The maximum atomic E-state index is 10.3. The van der Waals surface area contributed by atoms with E-state index in [1.807, 2.05) is 0 Å². The van der Waals surface area contributed by atoms with Crippen molar-refractivity contribution in [3.8, 4) is 0 Å². The largest absolute Gasteiger partial charge is 0.394 e. The Morgan fingerprint density at radius 1 is 0.583 bits per heavy atom. The summed E-state index contributed by atoms with van der Waals surface area (Å²) in [5.74, 6) is 0.133. The van der Waals surface area contributed by atoms with Crippen LogP contribution in [0.3, 0.4) is 0 Å². The molecular weight excluding hydrogens is 300 g/mol. The number of hydrogen-bond donors (Lipinski definition) is 3. The Morgan fingerprint density at radius 2 is 0.958 bits per heavy atom. The lowest BCUT2D eigenvalue weighted by molar-refractivity contribution is -0.0475. The monoisotopic (exact) mass is 344 g/mol. The molecule has 0 aromatic rings. The van der Waals surface area contributed by atoms with Crippen LogP contribution >= 0.6 is 0 Å². The molecule has 3 heteroatoms. The Labute approximate surface area is 150 Å². The van der Waals surface area contributed by atoms with Gasteiger partial charge >= 0.3 is 0 Å². The molecule has 3 unspecified atom stereocenters. The fourth-order valence-corrected chi connectivity index (χ4v) is 3.46. The number of aliphatic hydroxyl groups excluding tert-OH is 3. The molecule has 3 atom stereocenters. The highest BCUT2D eigenvalue weighted by Crippen LogP contribution is 2.24. The zero-order valence-corrected chi connectivity index (χ0v) is 16.4. The van der Waals surface area contributed by atoms with Crippen molar-refractivity contribution < 1.29 is 15.3 Å². The lowest BCUT2D eigenvalue weighted by Crippen LogP contribution is -2.36. The minimum Gasteiger partial charge on any atom is -0.394 e. The summed E-state index contributed by atoms with van der Waals surface area (Å²) in [6.45, 7) is 4.12. The standard InChI is InChI=1S/C21H44O3/c1-3-5-7-9-10-11-13-15-17-19(21(24)20(23)18-22)16-14-12-8-6-4-2/h19-24H,3-18H2,1-2H3. The molecule has 0 saturated heterocycles. The molecular formula is C21H44O3. The van der Waals surface area contributed by atoms with E-state index in [-0.39, 0.29) is 12.5 Å². The Balaban J connectivity index is 3.93. The molecule has 0 aliphatic heterocycles. The van der Waals surface area contributed by atoms with Crippen LogP contribution in [0, 0.1) is 5.92 Å². The van der Waals surface area contributed by atoms with Gasteiger partial charge < -0.3 is 15.3 Å². The summed E-state index contributed by atoms with van der Waals surface area (Å²) in [4.78, 5) is 0. The van der Waals surface area contributed by atoms with E-state index in [9.17, 15) is 10.2 Å². The second kappa shape index (κ2) is 17.7. The normalized spacial score (nSPS) is 15.4. The van der Waals surface area contributed by atoms with Crippen molar-refractivity contribution in [1.82, 2.24) is 0 Å². The van der Waals surface area contributed by atoms with Crippen LogP contribution in [-0.4, -0.2) is 34.1 Å². The van der Waals surface area contributed by atoms with E-state index in [1.54, 1.807) is 0 Å². The quantitative estimate of drug-likeness (QED) is 0.299. The topological polar surface area (TPSA) is 60.7 Å². The summed E-state index contributed by atoms with van der Waals surface area (Å²) in [6.07, 6.45) is 16.6. The Hall–Kier alpha value is -0.120. The molecule has 0 bridgehead atoms. The smallest absolute Gasteiger partial charge is 0.103 e. The molecule has 0 aromatic heterocycles. The van der Waals surface area contributed by atoms with Gasteiger partial charge in [0.1, 0.15) is 6.10 Å². The number of aliphatic hydroxyl groups is 3. The van der Waals surface area contributed by atoms with Crippen LogP contribution in [-0.2, 0) is 0 Å². The highest BCUT2D eigenvalue weighted by atomic mass is 16.4. The van der Waals surface area contributed by atoms with Crippen LogP contribution in [0.15, 0.2) is 0 Å². The van der Waals surface area contributed by atoms with E-state index in [4.69, 9.17) is 5.11 Å². The number of hydrogen-bond acceptors (Lipinski definition) is 3. The van der Waals surface area contributed by atoms with Gasteiger partial charge in [0.15, 0.2) is 0 Å². The first kappa shape index (κ1) is 23.9. The highest BCUT2D eigenvalue weighted by Gasteiger charge is 2.25. The summed E-state index contributed by atoms with van der Waals surface area (Å²) >= 11 is 0. The summed E-state index contributed by atoms with van der Waals surface area (Å²) in [6, 6.07) is 0. The predicted molar refractivity (Wildman–Crippen MR) is 103 cm³/mol. The predicted octanol–water partition coefficient (Wildman–Crippen LogP) is 5.21. The second-order valence-corrected chi connectivity index (χ2v) is 7.47. The van der Waals surface area contributed by atoms with Crippen molar-refractivity contribution in [2.75, 3.05) is 6.61 Å². The minimum absolute atomic E-state index is 0.133. The van der Waals surface area contributed by atoms with E-state index in [1.165, 1.54) is 70.6 Å². The highest BCUT2D eigenvalue weighted by molar-refractivity contribution is 4.76. The van der Waals surface area contributed by atoms with Crippen molar-refractivity contribution in [3.63, 3.8) is 0 Å². The van der Waals surface area contributed by atoms with E-state index in [0.29, 0.717) is 0 Å². The van der Waals surface area contributed by atoms with Crippen molar-refractivity contribution in [1.29, 1.82) is 0 Å². The first-order valence-corrected chi connectivity index (χ1v) is 10.6. The Kier molecular flexibility index (Phi) is 17.6. The molecule has 0 aromatic carbocycles. The maximum absolute atomic E-state index is 10.3. The first-order chi connectivity index (χ1) is 11.7. The summed E-state index contributed by atoms with van der Waals surface area (Å²) in [7, 11) is 0. The van der Waals surface area contributed by atoms with E-state index >= 15 is 0 Å². The third kappa shape index (κ3) is 13.2. The van der Waals surface area contributed by atoms with E-state index in [2.05, 4.69) is 13.8 Å². The molecule has 3 N–H and O–H groups in total. The molecule has 0 saturated carbocycles. The third-order valence-corrected chi connectivity index (χ3v) is 5.17. The van der Waals surface area contributed by atoms with E-state index in [0.717, 1.165) is 25.7 Å². The molecule has 0 spiro atoms. The zero-order valence-electron chi connectivity index (χ0n) is 16.4. The number of unbranched alkanes of at least 4 members (excludes halogenated alkanes) is 11. The van der Waals surface area contributed by atoms with Gasteiger partial charge in [0.2, 0.25) is 0 Å². The van der Waals surface area contributed by atoms with Crippen LogP contribution in [0.5, 0.6) is 0 Å². The minimum atomic E-state index is -0.986. The van der Waals surface area contributed by atoms with Gasteiger partial charge in [-0.25, -0.2) is 0 Å². The molecule has 3 nitrogen and oxygen atoms in total. The maximum Gasteiger partial charge on any atom is 0.103 e. The Morgan fingerprint density at radius 3 is 1.33 bits per heavy atom. The van der Waals surface area contributed by atoms with Gasteiger partial charge in [-0.15, -0.1) is 0 Å². The van der Waals surface area contributed by atoms with Crippen LogP contribution in [0.1, 0.15) is 110 Å². The van der Waals surface area contributed by atoms with Crippen LogP contribution in [0.2, 0.25) is 0 Å². The van der Waals surface area contributed by atoms with Gasteiger partial charge in [0.05, 0.1) is 12.7 Å². The van der Waals surface area contributed by atoms with E-state index < -0.39 is 12.2 Å². The SMILES string of the molecule is CCCCCCCCCCC(CCCCCCC)C(O)C(O)CO. The first-order valence-electron chi connectivity index (χ1n) is 10.6. The fraction of sp³-hybridized carbons (Fsp3) is 1.00. The second-order valence-electron chi connectivity index (χ2n) is 7.47. The van der Waals surface area contributed by atoms with Crippen LogP contribution < -0.4 is 0 Å². The Bertz CT molecular complexity index is 245. The van der Waals surface area contributed by atoms with Gasteiger partial charge in [-0.2, -0.15) is 0 Å². The molecule has 0 heterocycles. The molecule has 0 rings (SSSR count). The molecule has 0 aliphatic rings. The third-order valence-electron chi connectivity index (χ3n) is 5.17. The summed E-state index contributed by atoms with van der Waals surface area (Å²) in [5, 5.41) is 29.1. The molecule has 0 amide bonds. The van der Waals surface area contributed by atoms with Crippen molar-refractivity contribution in [2.24, 2.45) is 5.92 Å². The van der Waals surface area contributed by atoms with Crippen LogP contribution in [0.25, 0.3) is 0 Å². The fourth-order valence-electron chi connectivity index (χ4n) is 3.46. The summed E-state index contributed by atoms with van der Waals surface area (Å²) < 4.78 is 0. The average molecular weight is 345 g/mol. The average Bonchev–Trinajstić information content (AvgIpc) is 2.60. The van der Waals surface area contributed by atoms with Crippen molar-refractivity contribution in [2.45, 2.75) is 122 Å². The molecule has 0 radical (unpaired) electrons. The lowest BCUT2D eigenvalue weighted by Gasteiger charge is -2.26. The van der Waals surface area contributed by atoms with Crippen molar-refractivity contribution >= 4 is 0 Å². The molecule has 24 heavy (non-hydrogen) atoms. The van der Waals surface area contributed by atoms with Crippen molar-refractivity contribution in [3.05, 3.63) is 0 Å². The number of rotatable bonds is 18. The molecule has 146 valence electrons. The van der Waals surface area contributed by atoms with Gasteiger partial charge in [-0.05, 0) is 18.8 Å². The van der Waals surface area contributed by atoms with Gasteiger partial charge in [0, 0.05) is 0 Å². The molecule has 0 fully saturated rings. The summed E-state index contributed by atoms with van der Waals surface area (Å²) in [5.41, 5.74) is 0. The van der Waals surface area contributed by atoms with Gasteiger partial charge in [0.25, 0.3) is 0 Å². The van der Waals surface area contributed by atoms with Gasteiger partial charge in [-0.1, -0.05) is 97.3 Å². The zero-order chi connectivity index (χ0) is 18.0.